The minimum atomic E-state index is 0.760. The minimum absolute atomic E-state index is 0.760. The van der Waals surface area contributed by atoms with E-state index in [1.807, 2.05) is 45.5 Å². The Bertz CT molecular complexity index is 782. The SMILES string of the molecule is Cc1nc(N(C)C)c2ccccc2c1NCc1ccncc1. The number of hydrogen-bond donors (Lipinski definition) is 1. The van der Waals surface area contributed by atoms with Gasteiger partial charge in [0.1, 0.15) is 5.82 Å². The van der Waals surface area contributed by atoms with Gasteiger partial charge >= 0.3 is 0 Å². The van der Waals surface area contributed by atoms with Gasteiger partial charge in [0.2, 0.25) is 0 Å². The van der Waals surface area contributed by atoms with Crippen LogP contribution in [0.3, 0.4) is 0 Å². The molecule has 0 aliphatic carbocycles. The maximum atomic E-state index is 4.76. The van der Waals surface area contributed by atoms with Crippen molar-refractivity contribution in [1.29, 1.82) is 0 Å². The van der Waals surface area contributed by atoms with Crippen LogP contribution in [0.4, 0.5) is 11.5 Å². The molecule has 4 nitrogen and oxygen atoms in total. The van der Waals surface area contributed by atoms with Crippen molar-refractivity contribution in [2.24, 2.45) is 0 Å². The summed E-state index contributed by atoms with van der Waals surface area (Å²) in [6.45, 7) is 2.81. The Hall–Kier alpha value is -2.62. The van der Waals surface area contributed by atoms with Gasteiger partial charge in [-0.15, -0.1) is 0 Å². The van der Waals surface area contributed by atoms with E-state index in [1.54, 1.807) is 0 Å². The number of benzene rings is 1. The number of aryl methyl sites for hydroxylation is 1. The molecule has 0 saturated heterocycles. The molecule has 22 heavy (non-hydrogen) atoms. The van der Waals surface area contributed by atoms with E-state index in [2.05, 4.69) is 39.5 Å². The number of hydrogen-bond acceptors (Lipinski definition) is 4. The first-order chi connectivity index (χ1) is 10.7. The third-order valence-corrected chi connectivity index (χ3v) is 3.71. The Balaban J connectivity index is 2.02. The molecule has 1 N–H and O–H groups in total. The van der Waals surface area contributed by atoms with Crippen LogP contribution in [0.2, 0.25) is 0 Å². The van der Waals surface area contributed by atoms with Gasteiger partial charge in [0.25, 0.3) is 0 Å². The van der Waals surface area contributed by atoms with Crippen molar-refractivity contribution < 1.29 is 0 Å². The number of pyridine rings is 2. The van der Waals surface area contributed by atoms with Crippen molar-refractivity contribution >= 4 is 22.3 Å². The summed E-state index contributed by atoms with van der Waals surface area (Å²) in [6.07, 6.45) is 3.63. The molecule has 3 rings (SSSR count). The molecule has 0 radical (unpaired) electrons. The van der Waals surface area contributed by atoms with Crippen LogP contribution in [0.5, 0.6) is 0 Å². The van der Waals surface area contributed by atoms with Crippen molar-refractivity contribution in [2.75, 3.05) is 24.3 Å². The van der Waals surface area contributed by atoms with Gasteiger partial charge in [-0.25, -0.2) is 4.98 Å². The summed E-state index contributed by atoms with van der Waals surface area (Å²) in [5, 5.41) is 5.89. The van der Waals surface area contributed by atoms with Gasteiger partial charge in [-0.1, -0.05) is 24.3 Å². The molecule has 0 fully saturated rings. The molecule has 0 aliphatic rings. The number of aromatic nitrogens is 2. The van der Waals surface area contributed by atoms with Gasteiger partial charge in [-0.3, -0.25) is 4.98 Å². The second-order valence-electron chi connectivity index (χ2n) is 5.54. The highest BCUT2D eigenvalue weighted by Gasteiger charge is 2.12. The largest absolute Gasteiger partial charge is 0.379 e. The molecule has 112 valence electrons. The van der Waals surface area contributed by atoms with Crippen molar-refractivity contribution in [3.63, 3.8) is 0 Å². The zero-order valence-corrected chi connectivity index (χ0v) is 13.2. The van der Waals surface area contributed by atoms with E-state index in [1.165, 1.54) is 10.9 Å². The lowest BCUT2D eigenvalue weighted by Crippen LogP contribution is -2.13. The quantitative estimate of drug-likeness (QED) is 0.797. The number of nitrogens with one attached hydrogen (secondary N) is 1. The van der Waals surface area contributed by atoms with Crippen molar-refractivity contribution in [1.82, 2.24) is 9.97 Å². The summed E-state index contributed by atoms with van der Waals surface area (Å²) in [5.41, 5.74) is 3.31. The molecule has 1 aromatic carbocycles. The lowest BCUT2D eigenvalue weighted by atomic mass is 10.1. The second-order valence-corrected chi connectivity index (χ2v) is 5.54. The molecule has 0 saturated carbocycles. The van der Waals surface area contributed by atoms with Gasteiger partial charge in [-0.05, 0) is 24.6 Å². The van der Waals surface area contributed by atoms with Crippen LogP contribution in [0.15, 0.2) is 48.8 Å². The maximum Gasteiger partial charge on any atom is 0.136 e. The Morgan fingerprint density at radius 1 is 1.00 bits per heavy atom. The van der Waals surface area contributed by atoms with Gasteiger partial charge < -0.3 is 10.2 Å². The highest BCUT2D eigenvalue weighted by Crippen LogP contribution is 2.32. The third-order valence-electron chi connectivity index (χ3n) is 3.71. The molecule has 2 aromatic heterocycles. The summed E-state index contributed by atoms with van der Waals surface area (Å²) < 4.78 is 0. The molecule has 0 bridgehead atoms. The number of fused-ring (bicyclic) bond motifs is 1. The highest BCUT2D eigenvalue weighted by atomic mass is 15.1. The molecule has 4 heteroatoms. The first-order valence-electron chi connectivity index (χ1n) is 7.36. The van der Waals surface area contributed by atoms with Crippen LogP contribution >= 0.6 is 0 Å². The van der Waals surface area contributed by atoms with Gasteiger partial charge in [-0.2, -0.15) is 0 Å². The fraction of sp³-hybridized carbons (Fsp3) is 0.222. The van der Waals surface area contributed by atoms with Crippen molar-refractivity contribution in [3.05, 3.63) is 60.0 Å². The minimum Gasteiger partial charge on any atom is -0.379 e. The first-order valence-corrected chi connectivity index (χ1v) is 7.36. The standard InChI is InChI=1S/C18H20N4/c1-13-17(20-12-14-8-10-19-11-9-14)15-6-4-5-7-16(15)18(21-13)22(2)3/h4-11,20H,12H2,1-3H3. The van der Waals surface area contributed by atoms with E-state index >= 15 is 0 Å². The van der Waals surface area contributed by atoms with Crippen LogP contribution < -0.4 is 10.2 Å². The van der Waals surface area contributed by atoms with Crippen molar-refractivity contribution in [2.45, 2.75) is 13.5 Å². The predicted octanol–water partition coefficient (Wildman–Crippen LogP) is 3.62. The first kappa shape index (κ1) is 14.3. The topological polar surface area (TPSA) is 41.1 Å². The summed E-state index contributed by atoms with van der Waals surface area (Å²) in [6, 6.07) is 12.4. The average Bonchev–Trinajstić information content (AvgIpc) is 2.54. The molecule has 0 aliphatic heterocycles. The Kier molecular flexibility index (Phi) is 3.92. The molecular formula is C18H20N4. The van der Waals surface area contributed by atoms with Crippen molar-refractivity contribution in [3.8, 4) is 0 Å². The zero-order valence-electron chi connectivity index (χ0n) is 13.2. The van der Waals surface area contributed by atoms with E-state index in [4.69, 9.17) is 4.98 Å². The average molecular weight is 292 g/mol. The second kappa shape index (κ2) is 6.02. The summed E-state index contributed by atoms with van der Waals surface area (Å²) >= 11 is 0. The van der Waals surface area contributed by atoms with E-state index in [0.717, 1.165) is 29.1 Å². The van der Waals surface area contributed by atoms with E-state index in [0.29, 0.717) is 0 Å². The monoisotopic (exact) mass is 292 g/mol. The lowest BCUT2D eigenvalue weighted by Gasteiger charge is -2.19. The lowest BCUT2D eigenvalue weighted by molar-refractivity contribution is 1.05. The van der Waals surface area contributed by atoms with E-state index in [-0.39, 0.29) is 0 Å². The molecular weight excluding hydrogens is 272 g/mol. The number of nitrogens with zero attached hydrogens (tertiary/aromatic N) is 3. The molecule has 0 unspecified atom stereocenters. The van der Waals surface area contributed by atoms with E-state index < -0.39 is 0 Å². The molecule has 2 heterocycles. The van der Waals surface area contributed by atoms with Crippen LogP contribution in [0, 0.1) is 6.92 Å². The van der Waals surface area contributed by atoms with Crippen LogP contribution in [0.25, 0.3) is 10.8 Å². The molecule has 0 spiro atoms. The molecule has 3 aromatic rings. The predicted molar refractivity (Wildman–Crippen MR) is 92.4 cm³/mol. The van der Waals surface area contributed by atoms with Gasteiger partial charge in [0.15, 0.2) is 0 Å². The van der Waals surface area contributed by atoms with E-state index in [9.17, 15) is 0 Å². The molecule has 0 amide bonds. The molecule has 0 atom stereocenters. The van der Waals surface area contributed by atoms with Gasteiger partial charge in [0.05, 0.1) is 11.4 Å². The zero-order chi connectivity index (χ0) is 15.5. The normalized spacial score (nSPS) is 10.7. The van der Waals surface area contributed by atoms with Crippen LogP contribution in [-0.4, -0.2) is 24.1 Å². The number of anilines is 2. The highest BCUT2D eigenvalue weighted by molar-refractivity contribution is 6.01. The summed E-state index contributed by atoms with van der Waals surface area (Å²) in [4.78, 5) is 10.9. The Labute approximate surface area is 130 Å². The summed E-state index contributed by atoms with van der Waals surface area (Å²) in [7, 11) is 4.05. The van der Waals surface area contributed by atoms with Gasteiger partial charge in [0, 0.05) is 43.8 Å². The smallest absolute Gasteiger partial charge is 0.136 e. The Morgan fingerprint density at radius 2 is 1.68 bits per heavy atom. The third kappa shape index (κ3) is 2.72. The Morgan fingerprint density at radius 3 is 2.36 bits per heavy atom. The fourth-order valence-corrected chi connectivity index (χ4v) is 2.62. The maximum absolute atomic E-state index is 4.76. The number of rotatable bonds is 4. The summed E-state index contributed by atoms with van der Waals surface area (Å²) in [5.74, 6) is 1.00. The fourth-order valence-electron chi connectivity index (χ4n) is 2.62. The van der Waals surface area contributed by atoms with Crippen LogP contribution in [0.1, 0.15) is 11.3 Å². The van der Waals surface area contributed by atoms with Crippen LogP contribution in [-0.2, 0) is 6.54 Å².